The molecule has 0 aliphatic rings. The fourth-order valence-corrected chi connectivity index (χ4v) is 0.849. The van der Waals surface area contributed by atoms with Crippen LogP contribution in [0.25, 0.3) is 0 Å². The predicted octanol–water partition coefficient (Wildman–Crippen LogP) is 1.62. The molecule has 66 valence electrons. The lowest BCUT2D eigenvalue weighted by Crippen LogP contribution is -1.99. The van der Waals surface area contributed by atoms with Crippen molar-refractivity contribution >= 4 is 5.82 Å². The Morgan fingerprint density at radius 2 is 2.17 bits per heavy atom. The van der Waals surface area contributed by atoms with Gasteiger partial charge in [0.2, 0.25) is 0 Å². The molecule has 0 amide bonds. The summed E-state index contributed by atoms with van der Waals surface area (Å²) in [6.45, 7) is 1.44. The molecule has 0 bridgehead atoms. The monoisotopic (exact) mass is 174 g/mol. The van der Waals surface area contributed by atoms with E-state index in [-0.39, 0.29) is 22.8 Å². The summed E-state index contributed by atoms with van der Waals surface area (Å²) in [4.78, 5) is 3.35. The van der Waals surface area contributed by atoms with Crippen LogP contribution in [0.15, 0.2) is 6.07 Å². The largest absolute Gasteiger partial charge is 0.504 e. The number of alkyl halides is 2. The van der Waals surface area contributed by atoms with Crippen LogP contribution in [0.1, 0.15) is 17.7 Å². The summed E-state index contributed by atoms with van der Waals surface area (Å²) in [6.07, 6.45) is -2.66. The first-order valence-corrected chi connectivity index (χ1v) is 3.26. The highest BCUT2D eigenvalue weighted by Gasteiger charge is 2.14. The molecule has 0 unspecified atom stereocenters. The number of anilines is 1. The van der Waals surface area contributed by atoms with E-state index in [4.69, 9.17) is 10.8 Å². The summed E-state index contributed by atoms with van der Waals surface area (Å²) in [5, 5.41) is 8.97. The highest BCUT2D eigenvalue weighted by Crippen LogP contribution is 2.26. The number of nitrogen functional groups attached to an aromatic ring is 1. The fourth-order valence-electron chi connectivity index (χ4n) is 0.849. The van der Waals surface area contributed by atoms with Crippen LogP contribution >= 0.6 is 0 Å². The summed E-state index contributed by atoms with van der Waals surface area (Å²) >= 11 is 0. The number of halogens is 2. The van der Waals surface area contributed by atoms with E-state index < -0.39 is 6.43 Å². The van der Waals surface area contributed by atoms with E-state index in [2.05, 4.69) is 4.98 Å². The van der Waals surface area contributed by atoms with Crippen LogP contribution in [0.4, 0.5) is 14.6 Å². The van der Waals surface area contributed by atoms with E-state index in [9.17, 15) is 8.78 Å². The van der Waals surface area contributed by atoms with Gasteiger partial charge in [-0.05, 0) is 18.6 Å². The summed E-state index contributed by atoms with van der Waals surface area (Å²) in [7, 11) is 0. The lowest BCUT2D eigenvalue weighted by Gasteiger charge is -2.05. The van der Waals surface area contributed by atoms with Gasteiger partial charge in [-0.1, -0.05) is 0 Å². The van der Waals surface area contributed by atoms with Crippen LogP contribution < -0.4 is 5.73 Å². The Morgan fingerprint density at radius 3 is 2.67 bits per heavy atom. The molecule has 3 nitrogen and oxygen atoms in total. The van der Waals surface area contributed by atoms with E-state index in [0.29, 0.717) is 0 Å². The lowest BCUT2D eigenvalue weighted by molar-refractivity contribution is 0.145. The van der Waals surface area contributed by atoms with E-state index in [1.165, 1.54) is 13.0 Å². The Kier molecular flexibility index (Phi) is 2.12. The highest BCUT2D eigenvalue weighted by atomic mass is 19.3. The molecule has 5 heteroatoms. The molecule has 0 fully saturated rings. The Balaban J connectivity index is 3.23. The molecule has 0 radical (unpaired) electrons. The third-order valence-electron chi connectivity index (χ3n) is 1.47. The van der Waals surface area contributed by atoms with Crippen LogP contribution in [0.3, 0.4) is 0 Å². The minimum absolute atomic E-state index is 0.233. The van der Waals surface area contributed by atoms with Gasteiger partial charge in [0.25, 0.3) is 6.43 Å². The van der Waals surface area contributed by atoms with Crippen molar-refractivity contribution in [2.75, 3.05) is 5.73 Å². The lowest BCUT2D eigenvalue weighted by atomic mass is 10.2. The molecule has 0 aliphatic carbocycles. The molecule has 1 heterocycles. The maximum Gasteiger partial charge on any atom is 0.280 e. The molecule has 0 spiro atoms. The first kappa shape index (κ1) is 8.70. The molecule has 1 aromatic heterocycles. The average Bonchev–Trinajstić information content (AvgIpc) is 1.96. The van der Waals surface area contributed by atoms with Crippen molar-refractivity contribution in [3.05, 3.63) is 17.3 Å². The average molecular weight is 174 g/mol. The number of aryl methyl sites for hydroxylation is 1. The zero-order chi connectivity index (χ0) is 9.30. The Bertz CT molecular complexity index is 302. The van der Waals surface area contributed by atoms with Crippen LogP contribution in [-0.2, 0) is 0 Å². The Hall–Kier alpha value is -1.39. The van der Waals surface area contributed by atoms with Gasteiger partial charge in [-0.25, -0.2) is 13.8 Å². The predicted molar refractivity (Wildman–Crippen MR) is 40.0 cm³/mol. The summed E-state index contributed by atoms with van der Waals surface area (Å²) < 4.78 is 24.3. The van der Waals surface area contributed by atoms with Crippen molar-refractivity contribution in [1.82, 2.24) is 4.98 Å². The molecule has 12 heavy (non-hydrogen) atoms. The number of hydrogen-bond donors (Lipinski definition) is 2. The molecular weight excluding hydrogens is 166 g/mol. The molecule has 0 aromatic carbocycles. The van der Waals surface area contributed by atoms with Gasteiger partial charge < -0.3 is 10.8 Å². The minimum Gasteiger partial charge on any atom is -0.504 e. The second-order valence-electron chi connectivity index (χ2n) is 2.40. The number of pyridine rings is 1. The zero-order valence-corrected chi connectivity index (χ0v) is 6.38. The second-order valence-corrected chi connectivity index (χ2v) is 2.40. The van der Waals surface area contributed by atoms with E-state index in [0.717, 1.165) is 0 Å². The van der Waals surface area contributed by atoms with Crippen molar-refractivity contribution in [1.29, 1.82) is 0 Å². The SMILES string of the molecule is Cc1cc(O)c(N)nc1C(F)F. The van der Waals surface area contributed by atoms with E-state index in [1.54, 1.807) is 0 Å². The van der Waals surface area contributed by atoms with Gasteiger partial charge in [0.05, 0.1) is 0 Å². The smallest absolute Gasteiger partial charge is 0.280 e. The van der Waals surface area contributed by atoms with E-state index in [1.807, 2.05) is 0 Å². The Morgan fingerprint density at radius 1 is 1.58 bits per heavy atom. The van der Waals surface area contributed by atoms with Gasteiger partial charge in [0, 0.05) is 0 Å². The van der Waals surface area contributed by atoms with Crippen molar-refractivity contribution in [2.24, 2.45) is 0 Å². The van der Waals surface area contributed by atoms with Gasteiger partial charge >= 0.3 is 0 Å². The molecule has 0 saturated carbocycles. The molecule has 1 rings (SSSR count). The van der Waals surface area contributed by atoms with Gasteiger partial charge in [-0.15, -0.1) is 0 Å². The maximum atomic E-state index is 12.1. The van der Waals surface area contributed by atoms with Gasteiger partial charge in [0.1, 0.15) is 5.69 Å². The van der Waals surface area contributed by atoms with Crippen LogP contribution in [0.2, 0.25) is 0 Å². The molecular formula is C7H8F2N2O. The zero-order valence-electron chi connectivity index (χ0n) is 6.38. The number of aromatic nitrogens is 1. The van der Waals surface area contributed by atoms with Gasteiger partial charge in [-0.3, -0.25) is 0 Å². The van der Waals surface area contributed by atoms with Crippen LogP contribution in [-0.4, -0.2) is 10.1 Å². The molecule has 0 aliphatic heterocycles. The summed E-state index contributed by atoms with van der Waals surface area (Å²) in [5.74, 6) is -0.534. The molecule has 3 N–H and O–H groups in total. The normalized spacial score (nSPS) is 10.7. The molecule has 0 saturated heterocycles. The quantitative estimate of drug-likeness (QED) is 0.680. The number of nitrogens with two attached hydrogens (primary N) is 1. The number of nitrogens with zero attached hydrogens (tertiary/aromatic N) is 1. The van der Waals surface area contributed by atoms with Gasteiger partial charge in [0.15, 0.2) is 11.6 Å². The summed E-state index contributed by atoms with van der Waals surface area (Å²) in [5.41, 5.74) is 4.98. The first-order valence-electron chi connectivity index (χ1n) is 3.26. The van der Waals surface area contributed by atoms with Crippen LogP contribution in [0.5, 0.6) is 5.75 Å². The maximum absolute atomic E-state index is 12.1. The number of rotatable bonds is 1. The first-order chi connectivity index (χ1) is 5.52. The third-order valence-corrected chi connectivity index (χ3v) is 1.47. The third kappa shape index (κ3) is 1.44. The van der Waals surface area contributed by atoms with E-state index >= 15 is 0 Å². The van der Waals surface area contributed by atoms with Crippen molar-refractivity contribution in [3.63, 3.8) is 0 Å². The molecule has 1 aromatic rings. The summed E-state index contributed by atoms with van der Waals surface area (Å²) in [6, 6.07) is 1.17. The highest BCUT2D eigenvalue weighted by molar-refractivity contribution is 5.48. The Labute approximate surface area is 67.8 Å². The minimum atomic E-state index is -2.66. The second kappa shape index (κ2) is 2.92. The van der Waals surface area contributed by atoms with Gasteiger partial charge in [-0.2, -0.15) is 0 Å². The van der Waals surface area contributed by atoms with Crippen LogP contribution in [0, 0.1) is 6.92 Å². The standard InChI is InChI=1S/C7H8F2N2O/c1-3-2-4(12)7(10)11-5(3)6(8)9/h2,6,12H,1H3,(H2,10,11). The fraction of sp³-hybridized carbons (Fsp3) is 0.286. The number of hydrogen-bond acceptors (Lipinski definition) is 3. The van der Waals surface area contributed by atoms with Crippen molar-refractivity contribution in [3.8, 4) is 5.75 Å². The van der Waals surface area contributed by atoms with Crippen molar-refractivity contribution in [2.45, 2.75) is 13.3 Å². The number of aromatic hydroxyl groups is 1. The van der Waals surface area contributed by atoms with Crippen molar-refractivity contribution < 1.29 is 13.9 Å². The molecule has 0 atom stereocenters. The topological polar surface area (TPSA) is 59.1 Å².